The van der Waals surface area contributed by atoms with Crippen molar-refractivity contribution >= 4 is 46.0 Å². The monoisotopic (exact) mass is 498 g/mol. The minimum Gasteiger partial charge on any atom is -0.337 e. The van der Waals surface area contributed by atoms with Gasteiger partial charge in [-0.05, 0) is 63.3 Å². The predicted molar refractivity (Wildman–Crippen MR) is 135 cm³/mol. The molecule has 0 bridgehead atoms. The Hall–Kier alpha value is -2.65. The van der Waals surface area contributed by atoms with Gasteiger partial charge in [0.25, 0.3) is 5.91 Å². The Kier molecular flexibility index (Phi) is 7.42. The molecule has 0 unspecified atom stereocenters. The fourth-order valence-electron chi connectivity index (χ4n) is 4.16. The molecule has 1 N–H and O–H groups in total. The summed E-state index contributed by atoms with van der Waals surface area (Å²) in [5.41, 5.74) is 2.70. The largest absolute Gasteiger partial charge is 0.337 e. The zero-order chi connectivity index (χ0) is 24.4. The molecule has 7 nitrogen and oxygen atoms in total. The first-order valence-electron chi connectivity index (χ1n) is 11.5. The summed E-state index contributed by atoms with van der Waals surface area (Å²) < 4.78 is 0.957. The first-order chi connectivity index (χ1) is 16.3. The summed E-state index contributed by atoms with van der Waals surface area (Å²) in [5, 5.41) is 3.50. The first-order valence-corrected chi connectivity index (χ1v) is 13.2. The molecule has 180 valence electrons. The molecule has 9 heteroatoms. The number of amides is 3. The van der Waals surface area contributed by atoms with Crippen molar-refractivity contribution in [2.45, 2.75) is 55.2 Å². The highest BCUT2D eigenvalue weighted by molar-refractivity contribution is 8.01. The lowest BCUT2D eigenvalue weighted by Crippen LogP contribution is -2.43. The second-order valence-corrected chi connectivity index (χ2v) is 11.3. The Labute approximate surface area is 208 Å². The number of carbonyl (C=O) groups is 3. The summed E-state index contributed by atoms with van der Waals surface area (Å²) in [5.74, 6) is 0.0759. The molecule has 4 rings (SSSR count). The molecular weight excluding hydrogens is 468 g/mol. The highest BCUT2D eigenvalue weighted by atomic mass is 32.2. The molecule has 1 saturated carbocycles. The van der Waals surface area contributed by atoms with E-state index in [9.17, 15) is 14.4 Å². The van der Waals surface area contributed by atoms with Crippen LogP contribution in [0.15, 0.2) is 40.1 Å². The highest BCUT2D eigenvalue weighted by Gasteiger charge is 2.30. The minimum atomic E-state index is -0.0933. The third-order valence-electron chi connectivity index (χ3n) is 6.21. The average molecular weight is 499 g/mol. The van der Waals surface area contributed by atoms with Crippen LogP contribution in [-0.4, -0.2) is 58.2 Å². The maximum Gasteiger partial charge on any atom is 0.254 e. The smallest absolute Gasteiger partial charge is 0.254 e. The van der Waals surface area contributed by atoms with E-state index in [1.165, 1.54) is 17.4 Å². The molecule has 3 amide bonds. The molecule has 1 aliphatic heterocycles. The zero-order valence-electron chi connectivity index (χ0n) is 19.8. The van der Waals surface area contributed by atoms with Crippen LogP contribution >= 0.6 is 23.1 Å². The summed E-state index contributed by atoms with van der Waals surface area (Å²) in [6.45, 7) is 11.3. The molecule has 2 fully saturated rings. The van der Waals surface area contributed by atoms with Gasteiger partial charge in [-0.15, -0.1) is 0 Å². The van der Waals surface area contributed by atoms with Crippen molar-refractivity contribution in [2.75, 3.05) is 25.0 Å². The number of anilines is 1. The predicted octanol–water partition coefficient (Wildman–Crippen LogP) is 4.51. The van der Waals surface area contributed by atoms with Crippen LogP contribution < -0.4 is 5.32 Å². The maximum absolute atomic E-state index is 13.5. The van der Waals surface area contributed by atoms with E-state index < -0.39 is 0 Å². The van der Waals surface area contributed by atoms with Crippen molar-refractivity contribution in [3.63, 3.8) is 0 Å². The van der Waals surface area contributed by atoms with Gasteiger partial charge in [-0.3, -0.25) is 14.4 Å². The van der Waals surface area contributed by atoms with Crippen LogP contribution in [0.1, 0.15) is 47.7 Å². The van der Waals surface area contributed by atoms with Gasteiger partial charge >= 0.3 is 0 Å². The number of hydrogen-bond donors (Lipinski definition) is 1. The number of hydrogen-bond acceptors (Lipinski definition) is 6. The van der Waals surface area contributed by atoms with E-state index in [0.717, 1.165) is 39.5 Å². The van der Waals surface area contributed by atoms with Crippen LogP contribution in [0.25, 0.3) is 0 Å². The summed E-state index contributed by atoms with van der Waals surface area (Å²) in [7, 11) is 0. The Balaban J connectivity index is 1.49. The third kappa shape index (κ3) is 5.52. The van der Waals surface area contributed by atoms with Crippen molar-refractivity contribution < 1.29 is 14.4 Å². The second-order valence-electron chi connectivity index (χ2n) is 8.97. The zero-order valence-corrected chi connectivity index (χ0v) is 21.4. The van der Waals surface area contributed by atoms with Gasteiger partial charge in [0.2, 0.25) is 11.8 Å². The molecule has 0 spiro atoms. The van der Waals surface area contributed by atoms with Gasteiger partial charge in [-0.2, -0.15) is 0 Å². The van der Waals surface area contributed by atoms with Crippen molar-refractivity contribution in [2.24, 2.45) is 5.92 Å². The molecule has 2 aromatic rings. The van der Waals surface area contributed by atoms with Gasteiger partial charge in [0.05, 0.1) is 10.4 Å². The van der Waals surface area contributed by atoms with E-state index >= 15 is 0 Å². The number of benzene rings is 1. The third-order valence-corrected chi connectivity index (χ3v) is 8.39. The van der Waals surface area contributed by atoms with Crippen molar-refractivity contribution in [3.8, 4) is 0 Å². The molecular formula is C25H30N4O3S2. The molecule has 2 aliphatic rings. The van der Waals surface area contributed by atoms with E-state index in [-0.39, 0.29) is 29.7 Å². The number of thiazole rings is 1. The Morgan fingerprint density at radius 2 is 1.97 bits per heavy atom. The lowest BCUT2D eigenvalue weighted by atomic mass is 10.0. The lowest BCUT2D eigenvalue weighted by molar-refractivity contribution is -0.127. The SMILES string of the molecule is C=CC(=O)N1CCCN(C(=O)c2cc(Sc3cnc(NC(=O)C4CC4)s3)c(C)cc2C)C[C@H]1C. The van der Waals surface area contributed by atoms with Gasteiger partial charge in [-0.1, -0.05) is 35.7 Å². The van der Waals surface area contributed by atoms with Crippen LogP contribution in [0.3, 0.4) is 0 Å². The number of aryl methyl sites for hydroxylation is 2. The highest BCUT2D eigenvalue weighted by Crippen LogP contribution is 2.38. The number of aromatic nitrogens is 1. The number of nitrogens with one attached hydrogen (secondary N) is 1. The van der Waals surface area contributed by atoms with Crippen LogP contribution in [0.2, 0.25) is 0 Å². The van der Waals surface area contributed by atoms with E-state index in [4.69, 9.17) is 0 Å². The van der Waals surface area contributed by atoms with Crippen LogP contribution in [0.5, 0.6) is 0 Å². The number of nitrogens with zero attached hydrogens (tertiary/aromatic N) is 3. The van der Waals surface area contributed by atoms with Gasteiger partial charge < -0.3 is 15.1 Å². The minimum absolute atomic E-state index is 0.0132. The standard InChI is InChI=1S/C25H30N4O3S2/c1-5-21(30)29-10-6-9-28(14-17(29)4)24(32)19-12-20(16(3)11-15(19)2)33-22-13-26-25(34-22)27-23(31)18-7-8-18/h5,11-13,17-18H,1,6-10,14H2,2-4H3,(H,26,27,31)/t17-/m1/s1. The van der Waals surface area contributed by atoms with E-state index in [2.05, 4.69) is 16.9 Å². The molecule has 1 aliphatic carbocycles. The topological polar surface area (TPSA) is 82.6 Å². The van der Waals surface area contributed by atoms with Crippen LogP contribution in [0, 0.1) is 19.8 Å². The quantitative estimate of drug-likeness (QED) is 0.593. The Morgan fingerprint density at radius 3 is 2.68 bits per heavy atom. The van der Waals surface area contributed by atoms with E-state index in [1.807, 2.05) is 37.8 Å². The normalized spacial score (nSPS) is 18.4. The van der Waals surface area contributed by atoms with Gasteiger partial charge in [0, 0.05) is 42.1 Å². The van der Waals surface area contributed by atoms with Gasteiger partial charge in [0.15, 0.2) is 5.13 Å². The second kappa shape index (κ2) is 10.3. The molecule has 0 radical (unpaired) electrons. The number of carbonyl (C=O) groups excluding carboxylic acids is 3. The Morgan fingerprint density at radius 1 is 1.21 bits per heavy atom. The molecule has 1 atom stereocenters. The Bertz CT molecular complexity index is 1130. The summed E-state index contributed by atoms with van der Waals surface area (Å²) in [6, 6.07) is 3.93. The molecule has 1 saturated heterocycles. The van der Waals surface area contributed by atoms with E-state index in [1.54, 1.807) is 22.9 Å². The van der Waals surface area contributed by atoms with Crippen molar-refractivity contribution in [1.82, 2.24) is 14.8 Å². The molecule has 34 heavy (non-hydrogen) atoms. The first kappa shape index (κ1) is 24.5. The summed E-state index contributed by atoms with van der Waals surface area (Å²) in [6.07, 6.45) is 5.75. The van der Waals surface area contributed by atoms with Crippen LogP contribution in [0.4, 0.5) is 5.13 Å². The summed E-state index contributed by atoms with van der Waals surface area (Å²) >= 11 is 3.00. The van der Waals surface area contributed by atoms with E-state index in [0.29, 0.717) is 30.3 Å². The maximum atomic E-state index is 13.5. The summed E-state index contributed by atoms with van der Waals surface area (Å²) in [4.78, 5) is 46.6. The van der Waals surface area contributed by atoms with Crippen LogP contribution in [-0.2, 0) is 9.59 Å². The number of rotatable bonds is 6. The van der Waals surface area contributed by atoms with Crippen molar-refractivity contribution in [1.29, 1.82) is 0 Å². The van der Waals surface area contributed by atoms with Crippen molar-refractivity contribution in [3.05, 3.63) is 47.7 Å². The fourth-order valence-corrected chi connectivity index (χ4v) is 6.10. The fraction of sp³-hybridized carbons (Fsp3) is 0.440. The lowest BCUT2D eigenvalue weighted by Gasteiger charge is -2.28. The molecule has 1 aromatic heterocycles. The van der Waals surface area contributed by atoms with Gasteiger partial charge in [0.1, 0.15) is 0 Å². The molecule has 2 heterocycles. The average Bonchev–Trinajstić information content (AvgIpc) is 3.60. The van der Waals surface area contributed by atoms with Gasteiger partial charge in [-0.25, -0.2) is 4.98 Å². The molecule has 1 aromatic carbocycles.